The first-order chi connectivity index (χ1) is 8.08. The van der Waals surface area contributed by atoms with Crippen LogP contribution in [0, 0.1) is 0 Å². The minimum absolute atomic E-state index is 0.0283. The Balaban J connectivity index is 2.15. The summed E-state index contributed by atoms with van der Waals surface area (Å²) in [6, 6.07) is 7.28. The first-order valence-corrected chi connectivity index (χ1v) is 6.45. The third kappa shape index (κ3) is 2.74. The molecule has 0 radical (unpaired) electrons. The predicted octanol–water partition coefficient (Wildman–Crippen LogP) is 3.31. The lowest BCUT2D eigenvalue weighted by Crippen LogP contribution is -1.99. The minimum atomic E-state index is 0.0283. The molecule has 0 unspecified atom stereocenters. The number of allylic oxidation sites excluding steroid dienone is 2. The van der Waals surface area contributed by atoms with E-state index in [9.17, 15) is 9.59 Å². The van der Waals surface area contributed by atoms with Crippen LogP contribution in [0.2, 0.25) is 0 Å². The van der Waals surface area contributed by atoms with Gasteiger partial charge in [-0.2, -0.15) is 0 Å². The number of hydrogen-bond donors (Lipinski definition) is 1. The zero-order valence-corrected chi connectivity index (χ0v) is 11.6. The SMILES string of the molecule is CC1=C(Nc2ccc(C(=O)I)cc2)CCC1=O. The van der Waals surface area contributed by atoms with Gasteiger partial charge in [0.05, 0.1) is 0 Å². The summed E-state index contributed by atoms with van der Waals surface area (Å²) < 4.78 is 0.0283. The summed E-state index contributed by atoms with van der Waals surface area (Å²) in [4.78, 5) is 22.5. The highest BCUT2D eigenvalue weighted by Crippen LogP contribution is 2.24. The van der Waals surface area contributed by atoms with Gasteiger partial charge in [0.2, 0.25) is 3.79 Å². The average Bonchev–Trinajstić information content (AvgIpc) is 2.62. The summed E-state index contributed by atoms with van der Waals surface area (Å²) in [6.45, 7) is 1.85. The second-order valence-electron chi connectivity index (χ2n) is 4.00. The lowest BCUT2D eigenvalue weighted by atomic mass is 10.2. The largest absolute Gasteiger partial charge is 0.359 e. The number of carbonyl (C=O) groups is 2. The number of benzene rings is 1. The van der Waals surface area contributed by atoms with Crippen LogP contribution in [0.3, 0.4) is 0 Å². The highest BCUT2D eigenvalue weighted by atomic mass is 127. The molecule has 1 aliphatic rings. The first kappa shape index (κ1) is 12.3. The molecule has 0 bridgehead atoms. The van der Waals surface area contributed by atoms with E-state index < -0.39 is 0 Å². The van der Waals surface area contributed by atoms with E-state index in [1.54, 1.807) is 34.7 Å². The smallest absolute Gasteiger partial charge is 0.222 e. The molecule has 0 spiro atoms. The maximum Gasteiger partial charge on any atom is 0.222 e. The maximum atomic E-state index is 11.4. The van der Waals surface area contributed by atoms with Crippen molar-refractivity contribution in [3.8, 4) is 0 Å². The molecule has 0 amide bonds. The van der Waals surface area contributed by atoms with Crippen LogP contribution in [0.15, 0.2) is 35.5 Å². The fourth-order valence-corrected chi connectivity index (χ4v) is 2.16. The molecule has 1 aromatic carbocycles. The van der Waals surface area contributed by atoms with Crippen LogP contribution in [-0.2, 0) is 4.79 Å². The number of anilines is 1. The Kier molecular flexibility index (Phi) is 3.61. The highest BCUT2D eigenvalue weighted by molar-refractivity contribution is 14.1. The van der Waals surface area contributed by atoms with Gasteiger partial charge >= 0.3 is 0 Å². The Morgan fingerprint density at radius 2 is 1.88 bits per heavy atom. The van der Waals surface area contributed by atoms with E-state index in [1.807, 2.05) is 19.1 Å². The molecule has 0 fully saturated rings. The lowest BCUT2D eigenvalue weighted by Gasteiger charge is -2.08. The van der Waals surface area contributed by atoms with Crippen molar-refractivity contribution in [3.05, 3.63) is 41.1 Å². The van der Waals surface area contributed by atoms with Crippen LogP contribution < -0.4 is 5.32 Å². The van der Waals surface area contributed by atoms with Crippen molar-refractivity contribution in [1.82, 2.24) is 0 Å². The molecule has 0 heterocycles. The van der Waals surface area contributed by atoms with E-state index in [-0.39, 0.29) is 9.57 Å². The summed E-state index contributed by atoms with van der Waals surface area (Å²) >= 11 is 1.76. The van der Waals surface area contributed by atoms with Crippen molar-refractivity contribution in [3.63, 3.8) is 0 Å². The molecule has 0 saturated heterocycles. The van der Waals surface area contributed by atoms with Gasteiger partial charge < -0.3 is 5.32 Å². The summed E-state index contributed by atoms with van der Waals surface area (Å²) in [6.07, 6.45) is 1.37. The normalized spacial score (nSPS) is 15.3. The number of nitrogens with one attached hydrogen (secondary N) is 1. The van der Waals surface area contributed by atoms with Gasteiger partial charge in [-0.25, -0.2) is 0 Å². The van der Waals surface area contributed by atoms with Gasteiger partial charge in [0, 0.05) is 51.5 Å². The van der Waals surface area contributed by atoms with Crippen LogP contribution in [0.25, 0.3) is 0 Å². The fraction of sp³-hybridized carbons (Fsp3) is 0.231. The molecule has 4 heteroatoms. The van der Waals surface area contributed by atoms with Gasteiger partial charge in [0.1, 0.15) is 0 Å². The first-order valence-electron chi connectivity index (χ1n) is 5.38. The number of hydrogen-bond acceptors (Lipinski definition) is 3. The standard InChI is InChI=1S/C13H12INO2/c1-8-11(6-7-12(8)16)15-10-4-2-9(3-5-10)13(14)17/h2-5,15H,6-7H2,1H3. The number of ketones is 1. The zero-order valence-electron chi connectivity index (χ0n) is 9.42. The van der Waals surface area contributed by atoms with Crippen molar-refractivity contribution in [1.29, 1.82) is 0 Å². The Hall–Kier alpha value is -1.17. The molecule has 1 N–H and O–H groups in total. The van der Waals surface area contributed by atoms with Crippen molar-refractivity contribution < 1.29 is 9.59 Å². The Morgan fingerprint density at radius 3 is 2.35 bits per heavy atom. The average molecular weight is 341 g/mol. The second kappa shape index (κ2) is 5.00. The van der Waals surface area contributed by atoms with Gasteiger partial charge in [-0.1, -0.05) is 0 Å². The summed E-state index contributed by atoms with van der Waals surface area (Å²) in [5.74, 6) is 0.214. The van der Waals surface area contributed by atoms with E-state index in [0.717, 1.165) is 23.4 Å². The Bertz CT molecular complexity index is 503. The number of rotatable bonds is 3. The summed E-state index contributed by atoms with van der Waals surface area (Å²) in [7, 11) is 0. The van der Waals surface area contributed by atoms with Crippen molar-refractivity contribution in [2.75, 3.05) is 5.32 Å². The molecule has 0 saturated carbocycles. The van der Waals surface area contributed by atoms with Gasteiger partial charge in [0.15, 0.2) is 5.78 Å². The van der Waals surface area contributed by atoms with Gasteiger partial charge in [-0.3, -0.25) is 9.59 Å². The summed E-state index contributed by atoms with van der Waals surface area (Å²) in [5.41, 5.74) is 3.40. The Labute approximate surface area is 113 Å². The van der Waals surface area contributed by atoms with E-state index in [0.29, 0.717) is 12.0 Å². The molecule has 88 valence electrons. The third-order valence-electron chi connectivity index (χ3n) is 2.88. The molecule has 17 heavy (non-hydrogen) atoms. The molecule has 0 aromatic heterocycles. The fourth-order valence-electron chi connectivity index (χ4n) is 1.80. The quantitative estimate of drug-likeness (QED) is 0.678. The molecule has 1 aromatic rings. The number of halogens is 1. The molecule has 0 atom stereocenters. The van der Waals surface area contributed by atoms with Crippen molar-refractivity contribution in [2.45, 2.75) is 19.8 Å². The van der Waals surface area contributed by atoms with E-state index in [1.165, 1.54) is 0 Å². The van der Waals surface area contributed by atoms with Crippen LogP contribution >= 0.6 is 22.6 Å². The van der Waals surface area contributed by atoms with Crippen LogP contribution in [0.1, 0.15) is 30.1 Å². The molecule has 1 aliphatic carbocycles. The lowest BCUT2D eigenvalue weighted by molar-refractivity contribution is -0.114. The molecule has 2 rings (SSSR count). The van der Waals surface area contributed by atoms with Gasteiger partial charge in [0.25, 0.3) is 0 Å². The molecule has 0 aliphatic heterocycles. The van der Waals surface area contributed by atoms with Crippen LogP contribution in [0.5, 0.6) is 0 Å². The molecular formula is C13H12INO2. The topological polar surface area (TPSA) is 46.2 Å². The highest BCUT2D eigenvalue weighted by Gasteiger charge is 2.18. The van der Waals surface area contributed by atoms with Crippen LogP contribution in [0.4, 0.5) is 5.69 Å². The Morgan fingerprint density at radius 1 is 1.24 bits per heavy atom. The van der Waals surface area contributed by atoms with Crippen molar-refractivity contribution >= 4 is 37.9 Å². The van der Waals surface area contributed by atoms with Crippen molar-refractivity contribution in [2.24, 2.45) is 0 Å². The third-order valence-corrected chi connectivity index (χ3v) is 3.50. The van der Waals surface area contributed by atoms with E-state index in [4.69, 9.17) is 0 Å². The second-order valence-corrected chi connectivity index (χ2v) is 4.98. The van der Waals surface area contributed by atoms with Gasteiger partial charge in [-0.15, -0.1) is 0 Å². The summed E-state index contributed by atoms with van der Waals surface area (Å²) in [5, 5.41) is 3.23. The minimum Gasteiger partial charge on any atom is -0.359 e. The monoisotopic (exact) mass is 341 g/mol. The number of Topliss-reactive ketones (excluding diaryl/α,β-unsaturated/α-hetero) is 1. The zero-order chi connectivity index (χ0) is 12.4. The predicted molar refractivity (Wildman–Crippen MR) is 75.4 cm³/mol. The molecular weight excluding hydrogens is 329 g/mol. The number of carbonyl (C=O) groups excluding carboxylic acids is 2. The van der Waals surface area contributed by atoms with Crippen LogP contribution in [-0.4, -0.2) is 9.57 Å². The van der Waals surface area contributed by atoms with E-state index in [2.05, 4.69) is 5.32 Å². The van der Waals surface area contributed by atoms with E-state index >= 15 is 0 Å². The molecule has 3 nitrogen and oxygen atoms in total. The van der Waals surface area contributed by atoms with Gasteiger partial charge in [-0.05, 0) is 37.6 Å². The maximum absolute atomic E-state index is 11.4.